The number of fused-ring (bicyclic) bond motifs is 1. The molecular formula is C17H18O5. The number of hydrogen-bond acceptors (Lipinski definition) is 5. The highest BCUT2D eigenvalue weighted by atomic mass is 16.5. The smallest absolute Gasteiger partial charge is 0.342 e. The molecule has 0 fully saturated rings. The predicted octanol–water partition coefficient (Wildman–Crippen LogP) is 3.15. The highest BCUT2D eigenvalue weighted by molar-refractivity contribution is 6.12. The Labute approximate surface area is 129 Å². The summed E-state index contributed by atoms with van der Waals surface area (Å²) in [7, 11) is 2.59. The summed E-state index contributed by atoms with van der Waals surface area (Å²) in [5, 5.41) is 0. The van der Waals surface area contributed by atoms with Crippen molar-refractivity contribution in [3.8, 4) is 16.9 Å². The van der Waals surface area contributed by atoms with Gasteiger partial charge in [0.25, 0.3) is 0 Å². The SMILES string of the molecule is CCCOc1c(C(=O)OC)c2cccccc-2c1C(=O)OC. The second kappa shape index (κ2) is 6.93. The Morgan fingerprint density at radius 3 is 1.82 bits per heavy atom. The van der Waals surface area contributed by atoms with Crippen molar-refractivity contribution in [1.82, 2.24) is 0 Å². The zero-order valence-electron chi connectivity index (χ0n) is 12.8. The first kappa shape index (κ1) is 15.8. The Bertz CT molecular complexity index is 612. The van der Waals surface area contributed by atoms with Crippen molar-refractivity contribution >= 4 is 11.9 Å². The summed E-state index contributed by atoms with van der Waals surface area (Å²) in [6, 6.07) is 8.91. The van der Waals surface area contributed by atoms with E-state index in [9.17, 15) is 9.59 Å². The van der Waals surface area contributed by atoms with Crippen LogP contribution in [-0.2, 0) is 9.47 Å². The fourth-order valence-corrected chi connectivity index (χ4v) is 2.31. The molecule has 0 radical (unpaired) electrons. The summed E-state index contributed by atoms with van der Waals surface area (Å²) in [4.78, 5) is 24.4. The van der Waals surface area contributed by atoms with Crippen molar-refractivity contribution in [1.29, 1.82) is 0 Å². The van der Waals surface area contributed by atoms with Crippen LogP contribution in [-0.4, -0.2) is 32.8 Å². The lowest BCUT2D eigenvalue weighted by Crippen LogP contribution is -2.08. The number of rotatable bonds is 5. The van der Waals surface area contributed by atoms with Gasteiger partial charge >= 0.3 is 11.9 Å². The van der Waals surface area contributed by atoms with Crippen molar-refractivity contribution in [3.05, 3.63) is 41.5 Å². The third-order valence-electron chi connectivity index (χ3n) is 3.26. The lowest BCUT2D eigenvalue weighted by atomic mass is 10.1. The van der Waals surface area contributed by atoms with Gasteiger partial charge in [0, 0.05) is 11.1 Å². The van der Waals surface area contributed by atoms with Gasteiger partial charge in [0.2, 0.25) is 0 Å². The predicted molar refractivity (Wildman–Crippen MR) is 81.5 cm³/mol. The van der Waals surface area contributed by atoms with Crippen LogP contribution in [0.5, 0.6) is 5.75 Å². The largest absolute Gasteiger partial charge is 0.492 e. The fourth-order valence-electron chi connectivity index (χ4n) is 2.31. The van der Waals surface area contributed by atoms with Crippen LogP contribution in [0.15, 0.2) is 30.3 Å². The van der Waals surface area contributed by atoms with Crippen LogP contribution in [0.3, 0.4) is 0 Å². The second-order valence-corrected chi connectivity index (χ2v) is 4.65. The highest BCUT2D eigenvalue weighted by Crippen LogP contribution is 2.42. The van der Waals surface area contributed by atoms with E-state index in [1.54, 1.807) is 24.3 Å². The zero-order valence-corrected chi connectivity index (χ0v) is 12.8. The number of ether oxygens (including phenoxy) is 3. The van der Waals surface area contributed by atoms with E-state index >= 15 is 0 Å². The molecule has 0 saturated heterocycles. The molecule has 5 heteroatoms. The molecule has 22 heavy (non-hydrogen) atoms. The van der Waals surface area contributed by atoms with Gasteiger partial charge in [0.15, 0.2) is 0 Å². The minimum atomic E-state index is -0.544. The van der Waals surface area contributed by atoms with Gasteiger partial charge in [0.1, 0.15) is 16.9 Å². The van der Waals surface area contributed by atoms with Crippen molar-refractivity contribution < 1.29 is 23.8 Å². The maximum atomic E-state index is 12.2. The summed E-state index contributed by atoms with van der Waals surface area (Å²) in [6.45, 7) is 2.33. The van der Waals surface area contributed by atoms with Crippen LogP contribution in [0.1, 0.15) is 34.1 Å². The van der Waals surface area contributed by atoms with E-state index in [1.165, 1.54) is 14.2 Å². The van der Waals surface area contributed by atoms with Crippen LogP contribution in [0.25, 0.3) is 11.1 Å². The number of carbonyl (C=O) groups is 2. The van der Waals surface area contributed by atoms with Crippen molar-refractivity contribution in [2.75, 3.05) is 20.8 Å². The molecule has 0 heterocycles. The maximum Gasteiger partial charge on any atom is 0.342 e. The molecule has 0 N–H and O–H groups in total. The molecule has 116 valence electrons. The quantitative estimate of drug-likeness (QED) is 0.794. The molecule has 0 unspecified atom stereocenters. The maximum absolute atomic E-state index is 12.2. The molecule has 0 aromatic carbocycles. The fraction of sp³-hybridized carbons (Fsp3) is 0.294. The van der Waals surface area contributed by atoms with E-state index in [-0.39, 0.29) is 16.9 Å². The number of carbonyl (C=O) groups excluding carboxylic acids is 2. The molecule has 2 rings (SSSR count). The van der Waals surface area contributed by atoms with Gasteiger partial charge in [-0.3, -0.25) is 0 Å². The first-order valence-electron chi connectivity index (χ1n) is 6.99. The van der Waals surface area contributed by atoms with Gasteiger partial charge < -0.3 is 14.2 Å². The van der Waals surface area contributed by atoms with Crippen LogP contribution in [0.4, 0.5) is 0 Å². The van der Waals surface area contributed by atoms with Gasteiger partial charge in [-0.05, 0) is 6.42 Å². The van der Waals surface area contributed by atoms with E-state index < -0.39 is 11.9 Å². The van der Waals surface area contributed by atoms with Crippen LogP contribution >= 0.6 is 0 Å². The number of hydrogen-bond donors (Lipinski definition) is 0. The van der Waals surface area contributed by atoms with Crippen molar-refractivity contribution in [2.45, 2.75) is 13.3 Å². The Balaban J connectivity index is 2.79. The molecule has 2 aliphatic rings. The monoisotopic (exact) mass is 302 g/mol. The van der Waals surface area contributed by atoms with E-state index in [1.807, 2.05) is 13.0 Å². The number of esters is 2. The number of methoxy groups -OCH3 is 2. The average molecular weight is 302 g/mol. The molecule has 0 aromatic rings. The summed E-state index contributed by atoms with van der Waals surface area (Å²) in [6.07, 6.45) is 0.747. The minimum Gasteiger partial charge on any atom is -0.492 e. The highest BCUT2D eigenvalue weighted by Gasteiger charge is 2.32. The van der Waals surface area contributed by atoms with Gasteiger partial charge in [0.05, 0.1) is 20.8 Å². The summed E-state index contributed by atoms with van der Waals surface area (Å²) < 4.78 is 15.4. The molecule has 5 nitrogen and oxygen atoms in total. The summed E-state index contributed by atoms with van der Waals surface area (Å²) in [5.74, 6) is -0.864. The molecule has 0 aromatic heterocycles. The Morgan fingerprint density at radius 2 is 1.41 bits per heavy atom. The molecule has 0 bridgehead atoms. The minimum absolute atomic E-state index is 0.224. The lowest BCUT2D eigenvalue weighted by molar-refractivity contribution is 0.0595. The van der Waals surface area contributed by atoms with Gasteiger partial charge in [-0.2, -0.15) is 0 Å². The van der Waals surface area contributed by atoms with Gasteiger partial charge in [-0.15, -0.1) is 0 Å². The molecule has 2 aliphatic carbocycles. The van der Waals surface area contributed by atoms with Crippen LogP contribution < -0.4 is 4.74 Å². The topological polar surface area (TPSA) is 61.8 Å². The average Bonchev–Trinajstić information content (AvgIpc) is 2.68. The van der Waals surface area contributed by atoms with Crippen molar-refractivity contribution in [3.63, 3.8) is 0 Å². The normalized spacial score (nSPS) is 10.3. The Morgan fingerprint density at radius 1 is 0.909 bits per heavy atom. The Hall–Kier alpha value is -2.56. The van der Waals surface area contributed by atoms with Crippen LogP contribution in [0.2, 0.25) is 0 Å². The van der Waals surface area contributed by atoms with Gasteiger partial charge in [-0.1, -0.05) is 37.3 Å². The molecular weight excluding hydrogens is 284 g/mol. The van der Waals surface area contributed by atoms with Crippen molar-refractivity contribution in [2.24, 2.45) is 0 Å². The third-order valence-corrected chi connectivity index (χ3v) is 3.26. The molecule has 0 saturated carbocycles. The third kappa shape index (κ3) is 2.74. The van der Waals surface area contributed by atoms with E-state index in [4.69, 9.17) is 14.2 Å². The Kier molecular flexibility index (Phi) is 4.99. The summed E-state index contributed by atoms with van der Waals surface area (Å²) in [5.41, 5.74) is 1.71. The van der Waals surface area contributed by atoms with E-state index in [2.05, 4.69) is 0 Å². The van der Waals surface area contributed by atoms with E-state index in [0.717, 1.165) is 6.42 Å². The first-order valence-corrected chi connectivity index (χ1v) is 6.99. The zero-order chi connectivity index (χ0) is 16.1. The molecule has 0 amide bonds. The van der Waals surface area contributed by atoms with Gasteiger partial charge in [-0.25, -0.2) is 9.59 Å². The summed E-state index contributed by atoms with van der Waals surface area (Å²) >= 11 is 0. The molecule has 0 atom stereocenters. The lowest BCUT2D eigenvalue weighted by Gasteiger charge is -2.08. The van der Waals surface area contributed by atoms with Crippen LogP contribution in [0, 0.1) is 0 Å². The van der Waals surface area contributed by atoms with E-state index in [0.29, 0.717) is 17.7 Å². The standard InChI is InChI=1S/C17H18O5/c1-4-10-22-15-13(16(18)20-2)11-8-6-5-7-9-12(11)14(15)17(19)21-3/h5-9H,4,10H2,1-3H3. The first-order chi connectivity index (χ1) is 10.7. The molecule has 0 spiro atoms. The second-order valence-electron chi connectivity index (χ2n) is 4.65. The molecule has 0 aliphatic heterocycles.